The normalized spacial score (nSPS) is 11.1. The standard InChI is InChI=1S/C26H18BrNO2/c27-21-13-11-20(12-14-21)25-23(19-9-5-2-6-10-19)24-22(29)15-16-28(26(24)30-25)17-18-7-3-1-4-8-18/h1-16H,17H2. The maximum absolute atomic E-state index is 13.0. The van der Waals surface area contributed by atoms with Crippen molar-refractivity contribution in [1.29, 1.82) is 0 Å². The third-order valence-electron chi connectivity index (χ3n) is 5.17. The van der Waals surface area contributed by atoms with Gasteiger partial charge >= 0.3 is 0 Å². The second-order valence-corrected chi connectivity index (χ2v) is 8.07. The summed E-state index contributed by atoms with van der Waals surface area (Å²) in [6, 6.07) is 29.7. The molecule has 0 fully saturated rings. The van der Waals surface area contributed by atoms with Crippen LogP contribution < -0.4 is 5.43 Å². The molecule has 146 valence electrons. The summed E-state index contributed by atoms with van der Waals surface area (Å²) in [6.45, 7) is 0.624. The Labute approximate surface area is 182 Å². The molecule has 30 heavy (non-hydrogen) atoms. The summed E-state index contributed by atoms with van der Waals surface area (Å²) < 4.78 is 9.41. The van der Waals surface area contributed by atoms with E-state index in [-0.39, 0.29) is 5.43 Å². The predicted octanol–water partition coefficient (Wildman–Crippen LogP) is 6.74. The summed E-state index contributed by atoms with van der Waals surface area (Å²) in [4.78, 5) is 13.0. The number of rotatable bonds is 4. The molecule has 0 bridgehead atoms. The molecule has 4 heteroatoms. The molecule has 0 aliphatic carbocycles. The van der Waals surface area contributed by atoms with Crippen molar-refractivity contribution in [2.24, 2.45) is 0 Å². The minimum absolute atomic E-state index is 0.0414. The van der Waals surface area contributed by atoms with Gasteiger partial charge in [0.25, 0.3) is 0 Å². The van der Waals surface area contributed by atoms with Gasteiger partial charge in [-0.05, 0) is 23.3 Å². The van der Waals surface area contributed by atoms with Gasteiger partial charge in [0.2, 0.25) is 5.71 Å². The highest BCUT2D eigenvalue weighted by Gasteiger charge is 2.21. The molecule has 0 unspecified atom stereocenters. The number of nitrogens with zero attached hydrogens (tertiary/aromatic N) is 1. The Morgan fingerprint density at radius 1 is 0.767 bits per heavy atom. The van der Waals surface area contributed by atoms with Crippen molar-refractivity contribution in [3.05, 3.63) is 117 Å². The molecule has 0 saturated carbocycles. The zero-order valence-electron chi connectivity index (χ0n) is 16.1. The molecule has 3 aromatic carbocycles. The Morgan fingerprint density at radius 2 is 1.43 bits per heavy atom. The molecule has 2 heterocycles. The van der Waals surface area contributed by atoms with E-state index in [0.717, 1.165) is 26.7 Å². The van der Waals surface area contributed by atoms with E-state index in [1.54, 1.807) is 12.3 Å². The molecule has 0 radical (unpaired) electrons. The number of furan rings is 1. The fourth-order valence-electron chi connectivity index (χ4n) is 3.75. The quantitative estimate of drug-likeness (QED) is 0.300. The number of hydrogen-bond acceptors (Lipinski definition) is 2. The van der Waals surface area contributed by atoms with Gasteiger partial charge < -0.3 is 8.98 Å². The van der Waals surface area contributed by atoms with Gasteiger partial charge in [-0.15, -0.1) is 0 Å². The first-order valence-electron chi connectivity index (χ1n) is 9.72. The average molecular weight is 456 g/mol. The Balaban J connectivity index is 1.80. The minimum atomic E-state index is -0.0414. The fourth-order valence-corrected chi connectivity index (χ4v) is 4.01. The lowest BCUT2D eigenvalue weighted by Crippen LogP contribution is -2.07. The average Bonchev–Trinajstić information content (AvgIpc) is 3.19. The largest absolute Gasteiger partial charge is 0.439 e. The van der Waals surface area contributed by atoms with Crippen LogP contribution in [0.2, 0.25) is 0 Å². The molecule has 0 N–H and O–H groups in total. The topological polar surface area (TPSA) is 35.1 Å². The molecule has 2 aromatic heterocycles. The van der Waals surface area contributed by atoms with Crippen molar-refractivity contribution in [2.75, 3.05) is 0 Å². The van der Waals surface area contributed by atoms with Crippen molar-refractivity contribution >= 4 is 27.0 Å². The van der Waals surface area contributed by atoms with Crippen molar-refractivity contribution in [3.63, 3.8) is 0 Å². The zero-order valence-corrected chi connectivity index (χ0v) is 17.7. The van der Waals surface area contributed by atoms with E-state index in [0.29, 0.717) is 23.4 Å². The molecule has 5 aromatic rings. The molecule has 0 spiro atoms. The summed E-state index contributed by atoms with van der Waals surface area (Å²) in [5.41, 5.74) is 4.41. The number of aromatic nitrogens is 1. The van der Waals surface area contributed by atoms with Crippen molar-refractivity contribution < 1.29 is 4.42 Å². The van der Waals surface area contributed by atoms with Crippen LogP contribution in [-0.2, 0) is 6.54 Å². The van der Waals surface area contributed by atoms with Crippen LogP contribution in [0.3, 0.4) is 0 Å². The molecule has 0 saturated heterocycles. The maximum atomic E-state index is 13.0. The number of fused-ring (bicyclic) bond motifs is 1. The van der Waals surface area contributed by atoms with Gasteiger partial charge in [-0.2, -0.15) is 0 Å². The van der Waals surface area contributed by atoms with Crippen LogP contribution >= 0.6 is 15.9 Å². The van der Waals surface area contributed by atoms with Gasteiger partial charge in [-0.1, -0.05) is 88.7 Å². The van der Waals surface area contributed by atoms with Crippen LogP contribution in [0.4, 0.5) is 0 Å². The second-order valence-electron chi connectivity index (χ2n) is 7.15. The van der Waals surface area contributed by atoms with Crippen LogP contribution in [0.15, 0.2) is 111 Å². The molecule has 0 amide bonds. The van der Waals surface area contributed by atoms with E-state index in [2.05, 4.69) is 28.1 Å². The Hall–Kier alpha value is -3.37. The number of pyridine rings is 1. The molecule has 0 aliphatic rings. The summed E-state index contributed by atoms with van der Waals surface area (Å²) >= 11 is 3.49. The zero-order chi connectivity index (χ0) is 20.5. The molecule has 0 aliphatic heterocycles. The number of halogens is 1. The Bertz CT molecular complexity index is 1370. The van der Waals surface area contributed by atoms with E-state index in [4.69, 9.17) is 4.42 Å². The third-order valence-corrected chi connectivity index (χ3v) is 5.70. The first-order chi connectivity index (χ1) is 14.7. The molecular formula is C26H18BrNO2. The Morgan fingerprint density at radius 3 is 2.13 bits per heavy atom. The maximum Gasteiger partial charge on any atom is 0.212 e. The lowest BCUT2D eigenvalue weighted by molar-refractivity contribution is 0.585. The van der Waals surface area contributed by atoms with Gasteiger partial charge in [0.15, 0.2) is 5.43 Å². The van der Waals surface area contributed by atoms with E-state index >= 15 is 0 Å². The van der Waals surface area contributed by atoms with Crippen molar-refractivity contribution in [1.82, 2.24) is 4.57 Å². The van der Waals surface area contributed by atoms with Gasteiger partial charge in [-0.3, -0.25) is 4.79 Å². The van der Waals surface area contributed by atoms with Crippen LogP contribution in [0, 0.1) is 0 Å². The van der Waals surface area contributed by atoms with Crippen LogP contribution in [0.1, 0.15) is 5.56 Å². The number of hydrogen-bond donors (Lipinski definition) is 0. The molecular weight excluding hydrogens is 438 g/mol. The third kappa shape index (κ3) is 3.40. The van der Waals surface area contributed by atoms with E-state index < -0.39 is 0 Å². The highest BCUT2D eigenvalue weighted by atomic mass is 79.9. The smallest absolute Gasteiger partial charge is 0.212 e. The van der Waals surface area contributed by atoms with Gasteiger partial charge in [0.1, 0.15) is 5.76 Å². The van der Waals surface area contributed by atoms with Crippen LogP contribution in [-0.4, -0.2) is 4.57 Å². The summed E-state index contributed by atoms with van der Waals surface area (Å²) in [5.74, 6) is 0.703. The molecule has 3 nitrogen and oxygen atoms in total. The van der Waals surface area contributed by atoms with Crippen molar-refractivity contribution in [3.8, 4) is 22.5 Å². The van der Waals surface area contributed by atoms with Gasteiger partial charge in [0, 0.05) is 27.9 Å². The highest BCUT2D eigenvalue weighted by molar-refractivity contribution is 9.10. The fraction of sp³-hybridized carbons (Fsp3) is 0.0385. The summed E-state index contributed by atoms with van der Waals surface area (Å²) in [7, 11) is 0. The predicted molar refractivity (Wildman–Crippen MR) is 125 cm³/mol. The van der Waals surface area contributed by atoms with Crippen molar-refractivity contribution in [2.45, 2.75) is 6.54 Å². The molecule has 5 rings (SSSR count). The lowest BCUT2D eigenvalue weighted by Gasteiger charge is -2.07. The minimum Gasteiger partial charge on any atom is -0.439 e. The summed E-state index contributed by atoms with van der Waals surface area (Å²) in [5, 5.41) is 0.609. The lowest BCUT2D eigenvalue weighted by atomic mass is 9.99. The van der Waals surface area contributed by atoms with Crippen LogP contribution in [0.25, 0.3) is 33.6 Å². The SMILES string of the molecule is O=c1ccn(Cc2ccccc2)c2oc(-c3ccc(Br)cc3)c(-c3ccccc3)c12. The van der Waals surface area contributed by atoms with E-state index in [1.807, 2.05) is 77.4 Å². The van der Waals surface area contributed by atoms with E-state index in [9.17, 15) is 4.79 Å². The highest BCUT2D eigenvalue weighted by Crippen LogP contribution is 2.39. The van der Waals surface area contributed by atoms with Gasteiger partial charge in [-0.25, -0.2) is 0 Å². The first-order valence-corrected chi connectivity index (χ1v) is 10.5. The monoisotopic (exact) mass is 455 g/mol. The first kappa shape index (κ1) is 18.6. The van der Waals surface area contributed by atoms with E-state index in [1.165, 1.54) is 0 Å². The second kappa shape index (κ2) is 7.81. The van der Waals surface area contributed by atoms with Gasteiger partial charge in [0.05, 0.1) is 11.9 Å². The number of benzene rings is 3. The van der Waals surface area contributed by atoms with Crippen LogP contribution in [0.5, 0.6) is 0 Å². The summed E-state index contributed by atoms with van der Waals surface area (Å²) in [6.07, 6.45) is 1.81. The Kier molecular flexibility index (Phi) is 4.85. The molecule has 0 atom stereocenters.